The maximum Gasteiger partial charge on any atom is 0.416 e. The van der Waals surface area contributed by atoms with Crippen LogP contribution < -0.4 is 0 Å². The lowest BCUT2D eigenvalue weighted by molar-refractivity contribution is -0.137. The second-order valence-electron chi connectivity index (χ2n) is 7.09. The number of halogens is 3. The van der Waals surface area contributed by atoms with E-state index in [4.69, 9.17) is 0 Å². The summed E-state index contributed by atoms with van der Waals surface area (Å²) < 4.78 is 38.5. The van der Waals surface area contributed by atoms with E-state index in [0.717, 1.165) is 24.9 Å². The summed E-state index contributed by atoms with van der Waals surface area (Å²) in [7, 11) is 0. The highest BCUT2D eigenvalue weighted by molar-refractivity contribution is 5.28. The van der Waals surface area contributed by atoms with E-state index in [1.807, 2.05) is 18.2 Å². The molecule has 0 bridgehead atoms. The number of alkyl halides is 3. The highest BCUT2D eigenvalue weighted by Gasteiger charge is 2.33. The molecule has 1 nitrogen and oxygen atoms in total. The normalized spacial score (nSPS) is 23.4. The zero-order chi connectivity index (χ0) is 18.0. The fraction of sp³-hybridized carbons (Fsp3) is 0.429. The molecule has 0 radical (unpaired) electrons. The molecule has 0 N–H and O–H groups in total. The number of piperidine rings is 1. The topological polar surface area (TPSA) is 3.24 Å². The maximum absolute atomic E-state index is 12.8. The third-order valence-corrected chi connectivity index (χ3v) is 5.31. The van der Waals surface area contributed by atoms with Crippen molar-refractivity contribution in [3.05, 3.63) is 71.3 Å². The summed E-state index contributed by atoms with van der Waals surface area (Å²) in [4.78, 5) is 2.43. The van der Waals surface area contributed by atoms with E-state index < -0.39 is 11.7 Å². The summed E-state index contributed by atoms with van der Waals surface area (Å²) in [6.07, 6.45) is -2.19. The molecule has 134 valence electrons. The smallest absolute Gasteiger partial charge is 0.290 e. The van der Waals surface area contributed by atoms with Gasteiger partial charge < -0.3 is 0 Å². The second-order valence-corrected chi connectivity index (χ2v) is 7.09. The molecule has 1 unspecified atom stereocenters. The molecule has 4 heteroatoms. The van der Waals surface area contributed by atoms with Crippen molar-refractivity contribution in [3.8, 4) is 0 Å². The van der Waals surface area contributed by atoms with Gasteiger partial charge in [0.25, 0.3) is 0 Å². The first-order chi connectivity index (χ1) is 11.9. The number of hydrogen-bond donors (Lipinski definition) is 0. The van der Waals surface area contributed by atoms with Gasteiger partial charge in [-0.25, -0.2) is 0 Å². The van der Waals surface area contributed by atoms with Crippen LogP contribution in [-0.4, -0.2) is 11.4 Å². The zero-order valence-electron chi connectivity index (χ0n) is 14.6. The first-order valence-electron chi connectivity index (χ1n) is 8.84. The molecule has 1 aliphatic rings. The van der Waals surface area contributed by atoms with Crippen LogP contribution in [0.25, 0.3) is 0 Å². The molecule has 1 saturated heterocycles. The largest absolute Gasteiger partial charge is 0.416 e. The molecular weight excluding hydrogens is 323 g/mol. The standard InChI is InChI=1S/C21H24F3N/c1-15-12-13-25(16(2)17-6-4-3-5-7-17)20(14-15)18-8-10-19(11-9-18)21(22,23)24/h3-11,15-16,20H,12-14H2,1-2H3/t15-,16?,20+/m0/s1. The van der Waals surface area contributed by atoms with Gasteiger partial charge in [0.15, 0.2) is 0 Å². The molecule has 0 amide bonds. The van der Waals surface area contributed by atoms with Crippen molar-refractivity contribution < 1.29 is 13.2 Å². The Morgan fingerprint density at radius 3 is 2.24 bits per heavy atom. The van der Waals surface area contributed by atoms with Crippen molar-refractivity contribution in [2.75, 3.05) is 6.54 Å². The number of benzene rings is 2. The zero-order valence-corrected chi connectivity index (χ0v) is 14.6. The van der Waals surface area contributed by atoms with E-state index in [9.17, 15) is 13.2 Å². The summed E-state index contributed by atoms with van der Waals surface area (Å²) in [6.45, 7) is 5.37. The van der Waals surface area contributed by atoms with Crippen LogP contribution >= 0.6 is 0 Å². The molecule has 3 atom stereocenters. The fourth-order valence-corrected chi connectivity index (χ4v) is 3.77. The predicted molar refractivity (Wildman–Crippen MR) is 94.1 cm³/mol. The monoisotopic (exact) mass is 347 g/mol. The average Bonchev–Trinajstić information content (AvgIpc) is 2.61. The van der Waals surface area contributed by atoms with E-state index >= 15 is 0 Å². The number of hydrogen-bond acceptors (Lipinski definition) is 1. The van der Waals surface area contributed by atoms with Crippen LogP contribution in [0.3, 0.4) is 0 Å². The third-order valence-electron chi connectivity index (χ3n) is 5.31. The van der Waals surface area contributed by atoms with Gasteiger partial charge in [-0.05, 0) is 55.5 Å². The van der Waals surface area contributed by atoms with E-state index in [-0.39, 0.29) is 12.1 Å². The van der Waals surface area contributed by atoms with Crippen LogP contribution in [0, 0.1) is 5.92 Å². The Balaban J connectivity index is 1.87. The van der Waals surface area contributed by atoms with E-state index in [1.54, 1.807) is 12.1 Å². The van der Waals surface area contributed by atoms with Gasteiger partial charge in [-0.15, -0.1) is 0 Å². The molecule has 0 aromatic heterocycles. The molecule has 25 heavy (non-hydrogen) atoms. The molecule has 1 fully saturated rings. The first kappa shape index (κ1) is 18.0. The van der Waals surface area contributed by atoms with Gasteiger partial charge in [0.2, 0.25) is 0 Å². The molecular formula is C21H24F3N. The number of nitrogens with zero attached hydrogens (tertiary/aromatic N) is 1. The van der Waals surface area contributed by atoms with Crippen molar-refractivity contribution in [1.29, 1.82) is 0 Å². The van der Waals surface area contributed by atoms with Gasteiger partial charge >= 0.3 is 6.18 Å². The van der Waals surface area contributed by atoms with Crippen LogP contribution in [0.1, 0.15) is 55.5 Å². The lowest BCUT2D eigenvalue weighted by Gasteiger charge is -2.42. The fourth-order valence-electron chi connectivity index (χ4n) is 3.77. The van der Waals surface area contributed by atoms with Gasteiger partial charge in [-0.1, -0.05) is 49.4 Å². The van der Waals surface area contributed by atoms with Crippen molar-refractivity contribution in [2.24, 2.45) is 5.92 Å². The van der Waals surface area contributed by atoms with Gasteiger partial charge in [0.1, 0.15) is 0 Å². The Bertz CT molecular complexity index is 679. The summed E-state index contributed by atoms with van der Waals surface area (Å²) >= 11 is 0. The molecule has 2 aromatic rings. The quantitative estimate of drug-likeness (QED) is 0.635. The highest BCUT2D eigenvalue weighted by atomic mass is 19.4. The highest BCUT2D eigenvalue weighted by Crippen LogP contribution is 2.40. The summed E-state index contributed by atoms with van der Waals surface area (Å²) in [5.74, 6) is 0.575. The van der Waals surface area contributed by atoms with Crippen LogP contribution in [0.4, 0.5) is 13.2 Å². The second kappa shape index (κ2) is 7.20. The van der Waals surface area contributed by atoms with Crippen molar-refractivity contribution in [3.63, 3.8) is 0 Å². The minimum absolute atomic E-state index is 0.154. The maximum atomic E-state index is 12.8. The Labute approximate surface area is 147 Å². The lowest BCUT2D eigenvalue weighted by atomic mass is 9.86. The predicted octanol–water partition coefficient (Wildman–Crippen LogP) is 6.24. The van der Waals surface area contributed by atoms with Crippen LogP contribution in [0.15, 0.2) is 54.6 Å². The molecule has 1 aliphatic heterocycles. The Morgan fingerprint density at radius 2 is 1.64 bits per heavy atom. The Hall–Kier alpha value is -1.81. The molecule has 0 aliphatic carbocycles. The van der Waals surface area contributed by atoms with Gasteiger partial charge in [-0.3, -0.25) is 4.90 Å². The summed E-state index contributed by atoms with van der Waals surface area (Å²) in [5, 5.41) is 0. The molecule has 1 heterocycles. The third kappa shape index (κ3) is 4.06. The van der Waals surface area contributed by atoms with Crippen LogP contribution in [-0.2, 0) is 6.18 Å². The van der Waals surface area contributed by atoms with Crippen molar-refractivity contribution in [1.82, 2.24) is 4.90 Å². The van der Waals surface area contributed by atoms with Crippen molar-refractivity contribution >= 4 is 0 Å². The van der Waals surface area contributed by atoms with Gasteiger partial charge in [-0.2, -0.15) is 13.2 Å². The van der Waals surface area contributed by atoms with Crippen molar-refractivity contribution in [2.45, 2.75) is 44.9 Å². The first-order valence-corrected chi connectivity index (χ1v) is 8.84. The van der Waals surface area contributed by atoms with Gasteiger partial charge in [0, 0.05) is 12.1 Å². The van der Waals surface area contributed by atoms with Crippen LogP contribution in [0.5, 0.6) is 0 Å². The number of rotatable bonds is 3. The molecule has 0 spiro atoms. The van der Waals surface area contributed by atoms with E-state index in [0.29, 0.717) is 5.92 Å². The average molecular weight is 347 g/mol. The van der Waals surface area contributed by atoms with Gasteiger partial charge in [0.05, 0.1) is 5.56 Å². The van der Waals surface area contributed by atoms with E-state index in [1.165, 1.54) is 17.7 Å². The molecule has 3 rings (SSSR count). The molecule has 2 aromatic carbocycles. The van der Waals surface area contributed by atoms with E-state index in [2.05, 4.69) is 30.9 Å². The molecule has 0 saturated carbocycles. The summed E-state index contributed by atoms with van der Waals surface area (Å²) in [6, 6.07) is 16.4. The summed E-state index contributed by atoms with van der Waals surface area (Å²) in [5.41, 5.74) is 1.64. The Morgan fingerprint density at radius 1 is 1.00 bits per heavy atom. The van der Waals surface area contributed by atoms with Crippen LogP contribution in [0.2, 0.25) is 0 Å². The SMILES string of the molecule is CC(c1ccccc1)N1CC[C@H](C)C[C@@H]1c1ccc(C(F)(F)F)cc1. The minimum Gasteiger partial charge on any atom is -0.290 e. The minimum atomic E-state index is -4.28. The Kier molecular flexibility index (Phi) is 5.19. The number of likely N-dealkylation sites (tertiary alicyclic amines) is 1. The lowest BCUT2D eigenvalue weighted by Crippen LogP contribution is -2.38.